The van der Waals surface area contributed by atoms with Gasteiger partial charge in [0, 0.05) is 0 Å². The minimum absolute atomic E-state index is 0.478. The van der Waals surface area contributed by atoms with Gasteiger partial charge in [-0.25, -0.2) is 0 Å². The molecule has 0 aliphatic carbocycles. The fourth-order valence-corrected chi connectivity index (χ4v) is 1.86. The maximum Gasteiger partial charge on any atom is 0.267 e. The van der Waals surface area contributed by atoms with Crippen molar-refractivity contribution < 1.29 is 17.8 Å². The van der Waals surface area contributed by atoms with Crippen LogP contribution in [0.1, 0.15) is 20.8 Å². The maximum atomic E-state index is 10.8. The molecule has 0 saturated heterocycles. The Morgan fingerprint density at radius 2 is 1.94 bits per heavy atom. The molecule has 96 valence electrons. The van der Waals surface area contributed by atoms with Crippen LogP contribution in [0, 0.1) is 0 Å². The van der Waals surface area contributed by atoms with Crippen molar-refractivity contribution in [2.45, 2.75) is 26.3 Å². The lowest BCUT2D eigenvalue weighted by molar-refractivity contribution is -0.117. The molecular weight excluding hydrogens is 232 g/mol. The summed E-state index contributed by atoms with van der Waals surface area (Å²) in [6.07, 6.45) is 1.03. The van der Waals surface area contributed by atoms with E-state index >= 15 is 0 Å². The van der Waals surface area contributed by atoms with Crippen molar-refractivity contribution in [1.29, 1.82) is 0 Å². The van der Waals surface area contributed by atoms with E-state index in [4.69, 9.17) is 10.3 Å². The van der Waals surface area contributed by atoms with Crippen LogP contribution in [-0.2, 0) is 14.9 Å². The lowest BCUT2D eigenvalue weighted by atomic mass is 10.1. The van der Waals surface area contributed by atoms with Crippen molar-refractivity contribution in [3.8, 4) is 0 Å². The molecule has 0 aromatic rings. The van der Waals surface area contributed by atoms with Gasteiger partial charge in [0.1, 0.15) is 0 Å². The van der Waals surface area contributed by atoms with Gasteiger partial charge in [-0.05, 0) is 26.5 Å². The summed E-state index contributed by atoms with van der Waals surface area (Å²) in [5, 5.41) is 2.37. The molecule has 1 amide bonds. The molecule has 0 rings (SSSR count). The third kappa shape index (κ3) is 13.1. The van der Waals surface area contributed by atoms with Crippen LogP contribution in [-0.4, -0.2) is 36.7 Å². The highest BCUT2D eigenvalue weighted by Crippen LogP contribution is 2.05. The first-order valence-electron chi connectivity index (χ1n) is 4.67. The number of carbonyl (C=O) groups is 1. The van der Waals surface area contributed by atoms with Crippen LogP contribution in [0.3, 0.4) is 0 Å². The van der Waals surface area contributed by atoms with Crippen LogP contribution in [0.15, 0.2) is 12.7 Å². The van der Waals surface area contributed by atoms with Gasteiger partial charge in [-0.2, -0.15) is 8.42 Å². The van der Waals surface area contributed by atoms with Crippen molar-refractivity contribution >= 4 is 16.0 Å². The lowest BCUT2D eigenvalue weighted by Gasteiger charge is -2.23. The van der Waals surface area contributed by atoms with Crippen LogP contribution in [0.2, 0.25) is 0 Å². The predicted octanol–water partition coefficient (Wildman–Crippen LogP) is -0.0800. The molecule has 7 heteroatoms. The molecule has 0 aliphatic rings. The zero-order chi connectivity index (χ0) is 13.4. The lowest BCUT2D eigenvalue weighted by Crippen LogP contribution is -2.47. The highest BCUT2D eigenvalue weighted by molar-refractivity contribution is 7.85. The predicted molar refractivity (Wildman–Crippen MR) is 63.6 cm³/mol. The second-order valence-electron chi connectivity index (χ2n) is 3.71. The Morgan fingerprint density at radius 1 is 1.56 bits per heavy atom. The smallest absolute Gasteiger partial charge is 0.267 e. The first-order valence-corrected chi connectivity index (χ1v) is 6.28. The molecule has 0 atom stereocenters. The summed E-state index contributed by atoms with van der Waals surface area (Å²) < 4.78 is 29.5. The molecule has 4 N–H and O–H groups in total. The van der Waals surface area contributed by atoms with Gasteiger partial charge < -0.3 is 11.1 Å². The van der Waals surface area contributed by atoms with E-state index in [9.17, 15) is 13.2 Å². The number of hydrogen-bond acceptors (Lipinski definition) is 4. The van der Waals surface area contributed by atoms with E-state index in [-0.39, 0.29) is 0 Å². The van der Waals surface area contributed by atoms with E-state index in [1.165, 1.54) is 13.8 Å². The van der Waals surface area contributed by atoms with Crippen molar-refractivity contribution in [2.75, 3.05) is 12.3 Å². The molecule has 0 radical (unpaired) electrons. The van der Waals surface area contributed by atoms with E-state index < -0.39 is 27.3 Å². The Kier molecular flexibility index (Phi) is 8.05. The van der Waals surface area contributed by atoms with E-state index in [2.05, 4.69) is 11.9 Å². The molecule has 0 fully saturated rings. The van der Waals surface area contributed by atoms with Gasteiger partial charge in [-0.3, -0.25) is 9.35 Å². The van der Waals surface area contributed by atoms with Gasteiger partial charge in [0.2, 0.25) is 5.91 Å². The number of rotatable bonds is 4. The highest BCUT2D eigenvalue weighted by atomic mass is 32.2. The number of amides is 1. The van der Waals surface area contributed by atoms with E-state index in [0.29, 0.717) is 0 Å². The summed E-state index contributed by atoms with van der Waals surface area (Å²) in [6, 6.07) is 0. The fourth-order valence-electron chi connectivity index (χ4n) is 0.877. The number of carbonyl (C=O) groups excluding carboxylic acids is 1. The van der Waals surface area contributed by atoms with Crippen LogP contribution in [0.5, 0.6) is 0 Å². The zero-order valence-electron chi connectivity index (χ0n) is 9.86. The highest BCUT2D eigenvalue weighted by Gasteiger charge is 2.25. The normalized spacial score (nSPS) is 11.1. The summed E-state index contributed by atoms with van der Waals surface area (Å²) >= 11 is 0. The molecule has 0 saturated carbocycles. The van der Waals surface area contributed by atoms with Crippen LogP contribution in [0.25, 0.3) is 0 Å². The number of nitrogens with one attached hydrogen (secondary N) is 1. The molecule has 16 heavy (non-hydrogen) atoms. The van der Waals surface area contributed by atoms with Crippen LogP contribution < -0.4 is 11.1 Å². The maximum absolute atomic E-state index is 10.8. The van der Waals surface area contributed by atoms with Gasteiger partial charge in [-0.1, -0.05) is 13.5 Å². The van der Waals surface area contributed by atoms with E-state index in [0.717, 1.165) is 12.6 Å². The monoisotopic (exact) mass is 252 g/mol. The molecule has 0 heterocycles. The van der Waals surface area contributed by atoms with Gasteiger partial charge in [0.15, 0.2) is 0 Å². The molecule has 0 aliphatic heterocycles. The SMILES string of the molecule is C=CC(=O)NC(C)(C)CS(=O)(=O)O.CCN. The van der Waals surface area contributed by atoms with Crippen molar-refractivity contribution in [1.82, 2.24) is 5.32 Å². The fraction of sp³-hybridized carbons (Fsp3) is 0.667. The molecular formula is C9H20N2O4S. The third-order valence-electron chi connectivity index (χ3n) is 1.19. The largest absolute Gasteiger partial charge is 0.347 e. The minimum atomic E-state index is -4.08. The Morgan fingerprint density at radius 3 is 2.19 bits per heavy atom. The second-order valence-corrected chi connectivity index (χ2v) is 5.16. The topological polar surface area (TPSA) is 109 Å². The summed E-state index contributed by atoms with van der Waals surface area (Å²) in [6.45, 7) is 8.85. The molecule has 0 bridgehead atoms. The molecule has 0 aromatic carbocycles. The van der Waals surface area contributed by atoms with E-state index in [1.54, 1.807) is 0 Å². The quantitative estimate of drug-likeness (QED) is 0.479. The minimum Gasteiger partial charge on any atom is -0.347 e. The Hall–Kier alpha value is -0.920. The van der Waals surface area contributed by atoms with Gasteiger partial charge in [-0.15, -0.1) is 0 Å². The van der Waals surface area contributed by atoms with Gasteiger partial charge in [0.25, 0.3) is 10.1 Å². The Bertz CT molecular complexity index is 322. The average Bonchev–Trinajstić information content (AvgIpc) is 1.99. The molecule has 0 unspecified atom stereocenters. The number of hydrogen-bond donors (Lipinski definition) is 3. The Labute approximate surface area is 96.7 Å². The third-order valence-corrected chi connectivity index (χ3v) is 2.28. The first kappa shape index (κ1) is 17.5. The molecule has 6 nitrogen and oxygen atoms in total. The van der Waals surface area contributed by atoms with Crippen molar-refractivity contribution in [3.05, 3.63) is 12.7 Å². The first-order chi connectivity index (χ1) is 7.08. The zero-order valence-corrected chi connectivity index (χ0v) is 10.7. The summed E-state index contributed by atoms with van der Waals surface area (Å²) in [5.74, 6) is -1.01. The van der Waals surface area contributed by atoms with Crippen molar-refractivity contribution in [3.63, 3.8) is 0 Å². The molecule has 0 aromatic heterocycles. The van der Waals surface area contributed by atoms with Crippen LogP contribution >= 0.6 is 0 Å². The standard InChI is InChI=1S/C7H13NO4S.C2H7N/c1-4-6(9)8-7(2,3)5-13(10,11)12;1-2-3/h4H,1,5H2,2-3H3,(H,8,9)(H,10,11,12);2-3H2,1H3. The second kappa shape index (κ2) is 7.37. The van der Waals surface area contributed by atoms with Gasteiger partial charge in [0.05, 0.1) is 11.3 Å². The molecule has 0 spiro atoms. The number of nitrogens with two attached hydrogens (primary N) is 1. The summed E-state index contributed by atoms with van der Waals surface area (Å²) in [5.41, 5.74) is 3.85. The van der Waals surface area contributed by atoms with Crippen molar-refractivity contribution in [2.24, 2.45) is 5.73 Å². The van der Waals surface area contributed by atoms with E-state index in [1.807, 2.05) is 6.92 Å². The van der Waals surface area contributed by atoms with Gasteiger partial charge >= 0.3 is 0 Å². The summed E-state index contributed by atoms with van der Waals surface area (Å²) in [4.78, 5) is 10.8. The summed E-state index contributed by atoms with van der Waals surface area (Å²) in [7, 11) is -4.08. The average molecular weight is 252 g/mol. The van der Waals surface area contributed by atoms with Crippen LogP contribution in [0.4, 0.5) is 0 Å². The Balaban J connectivity index is 0.